The molecule has 6 nitrogen and oxygen atoms in total. The molecule has 0 aliphatic heterocycles. The largest absolute Gasteiger partial charge is 0.393 e. The van der Waals surface area contributed by atoms with Crippen molar-refractivity contribution in [2.45, 2.75) is 64.4 Å². The van der Waals surface area contributed by atoms with Gasteiger partial charge in [-0.2, -0.15) is 0 Å². The molecular formula is C23H38N2O4. The van der Waals surface area contributed by atoms with Gasteiger partial charge < -0.3 is 15.5 Å². The molecule has 4 rings (SSSR count). The third kappa shape index (κ3) is 3.27. The Morgan fingerprint density at radius 1 is 1.21 bits per heavy atom. The molecule has 164 valence electrons. The van der Waals surface area contributed by atoms with Crippen molar-refractivity contribution in [3.8, 4) is 0 Å². The second kappa shape index (κ2) is 7.63. The lowest BCUT2D eigenvalue weighted by Crippen LogP contribution is -2.63. The Morgan fingerprint density at radius 3 is 2.72 bits per heavy atom. The number of allylic oxidation sites excluding steroid dienone is 1. The maximum atomic E-state index is 12.6. The van der Waals surface area contributed by atoms with Gasteiger partial charge in [0.2, 0.25) is 0 Å². The van der Waals surface area contributed by atoms with Crippen molar-refractivity contribution in [2.24, 2.45) is 34.5 Å². The molecule has 0 spiro atoms. The highest BCUT2D eigenvalue weighted by Gasteiger charge is 2.64. The molecule has 0 aromatic heterocycles. The summed E-state index contributed by atoms with van der Waals surface area (Å²) in [6.07, 6.45) is 8.22. The van der Waals surface area contributed by atoms with Crippen LogP contribution in [0.25, 0.3) is 0 Å². The Bertz CT molecular complexity index is 682. The average Bonchev–Trinajstić information content (AvgIpc) is 3.01. The monoisotopic (exact) mass is 406 g/mol. The molecule has 4 aliphatic rings. The van der Waals surface area contributed by atoms with E-state index in [9.17, 15) is 15.0 Å². The van der Waals surface area contributed by atoms with E-state index in [1.165, 1.54) is 0 Å². The maximum Gasteiger partial charge on any atom is 0.139 e. The fourth-order valence-electron chi connectivity index (χ4n) is 7.46. The number of carbonyl (C=O) groups is 1. The number of aliphatic hydroxyl groups excluding tert-OH is 1. The van der Waals surface area contributed by atoms with E-state index in [0.29, 0.717) is 43.0 Å². The van der Waals surface area contributed by atoms with Crippen LogP contribution in [0, 0.1) is 34.5 Å². The molecule has 0 aromatic rings. The number of carbonyl (C=O) groups excluding carboxylic acids is 1. The van der Waals surface area contributed by atoms with E-state index in [1.54, 1.807) is 0 Å². The summed E-state index contributed by atoms with van der Waals surface area (Å²) >= 11 is 0. The molecular weight excluding hydrogens is 368 g/mol. The summed E-state index contributed by atoms with van der Waals surface area (Å²) in [5.41, 5.74) is 2.65. The lowest BCUT2D eigenvalue weighted by atomic mass is 9.43. The normalized spacial score (nSPS) is 46.5. The number of fused-ring (bicyclic) bond motifs is 5. The van der Waals surface area contributed by atoms with Crippen LogP contribution in [0.1, 0.15) is 58.8 Å². The first-order valence-corrected chi connectivity index (χ1v) is 11.4. The van der Waals surface area contributed by atoms with Gasteiger partial charge >= 0.3 is 0 Å². The highest BCUT2D eigenvalue weighted by atomic mass is 16.6. The van der Waals surface area contributed by atoms with E-state index in [4.69, 9.17) is 4.84 Å². The molecule has 0 saturated heterocycles. The summed E-state index contributed by atoms with van der Waals surface area (Å²) in [6.45, 7) is 5.56. The third-order valence-corrected chi connectivity index (χ3v) is 9.10. The van der Waals surface area contributed by atoms with Gasteiger partial charge in [0, 0.05) is 30.0 Å². The van der Waals surface area contributed by atoms with Crippen LogP contribution >= 0.6 is 0 Å². The molecule has 0 radical (unpaired) electrons. The fourth-order valence-corrected chi connectivity index (χ4v) is 7.46. The molecule has 0 aromatic carbocycles. The first kappa shape index (κ1) is 21.3. The van der Waals surface area contributed by atoms with Gasteiger partial charge in [-0.25, -0.2) is 0 Å². The van der Waals surface area contributed by atoms with Crippen LogP contribution in [0.15, 0.2) is 11.8 Å². The topological polar surface area (TPSA) is 90.8 Å². The van der Waals surface area contributed by atoms with E-state index < -0.39 is 5.60 Å². The summed E-state index contributed by atoms with van der Waals surface area (Å²) in [5.74, 6) is 1.46. The van der Waals surface area contributed by atoms with Gasteiger partial charge in [-0.3, -0.25) is 15.1 Å². The zero-order valence-corrected chi connectivity index (χ0v) is 18.2. The number of rotatable bonds is 6. The quantitative estimate of drug-likeness (QED) is 0.399. The van der Waals surface area contributed by atoms with Crippen LogP contribution in [0.2, 0.25) is 0 Å². The van der Waals surface area contributed by atoms with Crippen molar-refractivity contribution in [2.75, 3.05) is 26.8 Å². The van der Waals surface area contributed by atoms with E-state index >= 15 is 0 Å². The molecule has 0 bridgehead atoms. The molecule has 29 heavy (non-hydrogen) atoms. The van der Waals surface area contributed by atoms with Crippen molar-refractivity contribution >= 4 is 5.78 Å². The second-order valence-corrected chi connectivity index (χ2v) is 10.5. The van der Waals surface area contributed by atoms with Crippen LogP contribution in [0.5, 0.6) is 0 Å². The van der Waals surface area contributed by atoms with E-state index in [1.807, 2.05) is 7.05 Å². The lowest BCUT2D eigenvalue weighted by molar-refractivity contribution is -0.194. The molecule has 7 atom stereocenters. The molecule has 3 saturated carbocycles. The predicted molar refractivity (Wildman–Crippen MR) is 111 cm³/mol. The summed E-state index contributed by atoms with van der Waals surface area (Å²) in [4.78, 5) is 18.2. The third-order valence-electron chi connectivity index (χ3n) is 9.10. The fraction of sp³-hybridized carbons (Fsp3) is 0.870. The molecule has 2 unspecified atom stereocenters. The molecule has 0 amide bonds. The molecule has 4 N–H and O–H groups in total. The SMILES string of the molecule is CNCCONC1=CC2C(O)(CO)C[C@@H]3[C@@H](CC[C@]4(C)C(=O)CC[C@@H]34)[C@@]2(C)CC1. The van der Waals surface area contributed by atoms with Gasteiger partial charge in [-0.15, -0.1) is 0 Å². The molecule has 6 heteroatoms. The Hall–Kier alpha value is -0.950. The Morgan fingerprint density at radius 2 is 2.00 bits per heavy atom. The summed E-state index contributed by atoms with van der Waals surface area (Å²) < 4.78 is 0. The van der Waals surface area contributed by atoms with Crippen molar-refractivity contribution in [1.82, 2.24) is 10.8 Å². The maximum absolute atomic E-state index is 12.6. The van der Waals surface area contributed by atoms with Crippen LogP contribution in [0.3, 0.4) is 0 Å². The molecule has 3 fully saturated rings. The van der Waals surface area contributed by atoms with Gasteiger partial charge in [0.1, 0.15) is 5.78 Å². The average molecular weight is 407 g/mol. The van der Waals surface area contributed by atoms with E-state index in [2.05, 4.69) is 30.7 Å². The summed E-state index contributed by atoms with van der Waals surface area (Å²) in [5, 5.41) is 24.9. The first-order chi connectivity index (χ1) is 13.8. The van der Waals surface area contributed by atoms with Crippen molar-refractivity contribution in [3.63, 3.8) is 0 Å². The van der Waals surface area contributed by atoms with Gasteiger partial charge in [0.15, 0.2) is 0 Å². The highest BCUT2D eigenvalue weighted by molar-refractivity contribution is 5.87. The number of aliphatic hydroxyl groups is 2. The minimum atomic E-state index is -1.14. The number of hydroxylamine groups is 1. The van der Waals surface area contributed by atoms with Gasteiger partial charge in [0.05, 0.1) is 18.8 Å². The first-order valence-electron chi connectivity index (χ1n) is 11.4. The lowest BCUT2D eigenvalue weighted by Gasteiger charge is -2.63. The Labute approximate surface area is 174 Å². The zero-order chi connectivity index (χ0) is 20.9. The van der Waals surface area contributed by atoms with E-state index in [-0.39, 0.29) is 23.4 Å². The predicted octanol–water partition coefficient (Wildman–Crippen LogP) is 2.17. The Balaban J connectivity index is 1.61. The number of hydrogen-bond donors (Lipinski definition) is 4. The summed E-state index contributed by atoms with van der Waals surface area (Å²) in [7, 11) is 1.89. The smallest absolute Gasteiger partial charge is 0.139 e. The minimum Gasteiger partial charge on any atom is -0.393 e. The van der Waals surface area contributed by atoms with Crippen LogP contribution < -0.4 is 10.8 Å². The highest BCUT2D eigenvalue weighted by Crippen LogP contribution is 2.66. The van der Waals surface area contributed by atoms with Crippen LogP contribution in [-0.2, 0) is 9.63 Å². The van der Waals surface area contributed by atoms with Crippen LogP contribution in [0.4, 0.5) is 0 Å². The summed E-state index contributed by atoms with van der Waals surface area (Å²) in [6, 6.07) is 0. The van der Waals surface area contributed by atoms with Crippen LogP contribution in [-0.4, -0.2) is 48.4 Å². The van der Waals surface area contributed by atoms with Crippen molar-refractivity contribution in [3.05, 3.63) is 11.8 Å². The number of Topliss-reactive ketones (excluding diaryl/α,β-unsaturated/α-hetero) is 1. The number of hydrogen-bond acceptors (Lipinski definition) is 6. The number of ketones is 1. The van der Waals surface area contributed by atoms with E-state index in [0.717, 1.165) is 44.3 Å². The van der Waals surface area contributed by atoms with Gasteiger partial charge in [-0.05, 0) is 68.7 Å². The Kier molecular flexibility index (Phi) is 5.60. The second-order valence-electron chi connectivity index (χ2n) is 10.5. The van der Waals surface area contributed by atoms with Gasteiger partial charge in [0.25, 0.3) is 0 Å². The number of likely N-dealkylation sites (N-methyl/N-ethyl adjacent to an activating group) is 1. The number of nitrogens with one attached hydrogen (secondary N) is 2. The van der Waals surface area contributed by atoms with Crippen molar-refractivity contribution < 1.29 is 19.8 Å². The van der Waals surface area contributed by atoms with Crippen molar-refractivity contribution in [1.29, 1.82) is 0 Å². The minimum absolute atomic E-state index is 0.0660. The zero-order valence-electron chi connectivity index (χ0n) is 18.2. The standard InChI is InChI=1S/C23H38N2O4/c1-21-8-6-15(25-29-11-10-24-3)12-19(21)23(28,14-26)13-16-17-4-5-20(27)22(17,2)9-7-18(16)21/h12,16-19,24-26,28H,4-11,13-14H2,1-3H3/t16-,17-,18+,19?,21+,22-,23?/m0/s1. The molecule has 4 aliphatic carbocycles. The molecule has 0 heterocycles. The van der Waals surface area contributed by atoms with Gasteiger partial charge in [-0.1, -0.05) is 19.9 Å².